The fourth-order valence-electron chi connectivity index (χ4n) is 5.02. The molecule has 176 valence electrons. The summed E-state index contributed by atoms with van der Waals surface area (Å²) < 4.78 is 49.0. The zero-order valence-corrected chi connectivity index (χ0v) is 19.6. The molecule has 1 aliphatic rings. The molecule has 0 N–H and O–H groups in total. The zero-order valence-electron chi connectivity index (χ0n) is 19.6. The van der Waals surface area contributed by atoms with Crippen LogP contribution in [0.1, 0.15) is 50.0 Å². The lowest BCUT2D eigenvalue weighted by Gasteiger charge is -2.29. The molecule has 0 bridgehead atoms. The second kappa shape index (κ2) is 11.0. The summed E-state index contributed by atoms with van der Waals surface area (Å²) in [6, 6.07) is 15.5. The third-order valence-electron chi connectivity index (χ3n) is 6.94. The van der Waals surface area contributed by atoms with Gasteiger partial charge in [0.25, 0.3) is 0 Å². The van der Waals surface area contributed by atoms with Gasteiger partial charge in [-0.2, -0.15) is 4.39 Å². The van der Waals surface area contributed by atoms with Gasteiger partial charge in [-0.1, -0.05) is 42.5 Å². The highest BCUT2D eigenvalue weighted by molar-refractivity contribution is 6.08. The number of hydrogen-bond donors (Lipinski definition) is 0. The van der Waals surface area contributed by atoms with Crippen LogP contribution in [0.2, 0.25) is 0 Å². The summed E-state index contributed by atoms with van der Waals surface area (Å²) in [5.74, 6) is -1.20. The fraction of sp³-hybridized carbons (Fsp3) is 0.310. The van der Waals surface area contributed by atoms with Gasteiger partial charge in [0.05, 0.1) is 6.51 Å². The molecule has 3 aromatic rings. The summed E-state index contributed by atoms with van der Waals surface area (Å²) >= 11 is 0. The maximum Gasteiger partial charge on any atom is 0.201 e. The predicted molar refractivity (Wildman–Crippen MR) is 135 cm³/mol. The molecular formula is C29H30BF3O. The summed E-state index contributed by atoms with van der Waals surface area (Å²) in [6.07, 6.45) is 8.55. The van der Waals surface area contributed by atoms with Gasteiger partial charge in [0.1, 0.15) is 5.82 Å². The van der Waals surface area contributed by atoms with Gasteiger partial charge >= 0.3 is 0 Å². The second-order valence-corrected chi connectivity index (χ2v) is 9.07. The Labute approximate surface area is 201 Å². The van der Waals surface area contributed by atoms with Crippen molar-refractivity contribution < 1.29 is 17.9 Å². The Hall–Kier alpha value is -2.95. The van der Waals surface area contributed by atoms with Gasteiger partial charge < -0.3 is 4.74 Å². The summed E-state index contributed by atoms with van der Waals surface area (Å²) in [5.41, 5.74) is 3.11. The van der Waals surface area contributed by atoms with Crippen LogP contribution in [0.5, 0.6) is 5.75 Å². The van der Waals surface area contributed by atoms with Crippen LogP contribution in [0.15, 0.2) is 67.3 Å². The van der Waals surface area contributed by atoms with Crippen molar-refractivity contribution in [1.29, 1.82) is 0 Å². The number of hydrogen-bond acceptors (Lipinski definition) is 1. The second-order valence-electron chi connectivity index (χ2n) is 9.07. The molecule has 0 heterocycles. The molecule has 0 aliphatic heterocycles. The van der Waals surface area contributed by atoms with Crippen molar-refractivity contribution in [2.75, 3.05) is 6.51 Å². The van der Waals surface area contributed by atoms with Crippen molar-refractivity contribution >= 4 is 7.85 Å². The van der Waals surface area contributed by atoms with Crippen LogP contribution < -0.4 is 4.74 Å². The Kier molecular flexibility index (Phi) is 7.82. The van der Waals surface area contributed by atoms with Crippen molar-refractivity contribution in [1.82, 2.24) is 0 Å². The molecule has 0 saturated heterocycles. The normalized spacial score (nSPS) is 18.0. The third-order valence-corrected chi connectivity index (χ3v) is 6.94. The van der Waals surface area contributed by atoms with Gasteiger partial charge in [0.15, 0.2) is 19.4 Å². The summed E-state index contributed by atoms with van der Waals surface area (Å²) in [4.78, 5) is 0. The SMILES string of the molecule is BCOc1ccc(-c2ccc(-c3ccc(C4CCC(CCC=C)CC4)c(F)c3)cc2)c(F)c1F. The lowest BCUT2D eigenvalue weighted by atomic mass is 9.77. The van der Waals surface area contributed by atoms with E-state index in [1.54, 1.807) is 26.0 Å². The monoisotopic (exact) mass is 462 g/mol. The lowest BCUT2D eigenvalue weighted by molar-refractivity contribution is 0.308. The van der Waals surface area contributed by atoms with Crippen molar-refractivity contribution in [3.05, 3.63) is 90.3 Å². The van der Waals surface area contributed by atoms with Crippen LogP contribution >= 0.6 is 0 Å². The number of allylic oxidation sites excluding steroid dienone is 1. The van der Waals surface area contributed by atoms with Gasteiger partial charge in [0.2, 0.25) is 5.82 Å². The van der Waals surface area contributed by atoms with E-state index in [4.69, 9.17) is 4.74 Å². The molecule has 1 fully saturated rings. The zero-order chi connectivity index (χ0) is 24.1. The molecular weight excluding hydrogens is 432 g/mol. The molecule has 0 aromatic heterocycles. The standard InChI is InChI=1S/C29H30BF3O/c1-2-3-4-19-5-7-21(8-6-19)24-14-13-23(17-26(24)31)20-9-11-22(12-10-20)25-15-16-27(34-18-30)29(33)28(25)32/h2,9-17,19,21H,1,3-8,18,30H2. The van der Waals surface area contributed by atoms with Crippen molar-refractivity contribution in [2.45, 2.75) is 44.4 Å². The molecule has 0 radical (unpaired) electrons. The van der Waals surface area contributed by atoms with Crippen LogP contribution in [-0.4, -0.2) is 14.4 Å². The molecule has 0 unspecified atom stereocenters. The van der Waals surface area contributed by atoms with Gasteiger partial charge in [0, 0.05) is 5.56 Å². The minimum absolute atomic E-state index is 0.0961. The molecule has 34 heavy (non-hydrogen) atoms. The van der Waals surface area contributed by atoms with E-state index in [0.717, 1.165) is 54.7 Å². The Balaban J connectivity index is 1.48. The number of benzene rings is 3. The van der Waals surface area contributed by atoms with Crippen LogP contribution in [0, 0.1) is 23.4 Å². The number of rotatable bonds is 8. The van der Waals surface area contributed by atoms with E-state index in [2.05, 4.69) is 6.58 Å². The first kappa shape index (κ1) is 24.2. The van der Waals surface area contributed by atoms with Crippen LogP contribution in [-0.2, 0) is 0 Å². The summed E-state index contributed by atoms with van der Waals surface area (Å²) in [5, 5.41) is 0. The Morgan fingerprint density at radius 3 is 2.18 bits per heavy atom. The topological polar surface area (TPSA) is 9.23 Å². The first-order chi connectivity index (χ1) is 16.5. The minimum Gasteiger partial charge on any atom is -0.500 e. The first-order valence-corrected chi connectivity index (χ1v) is 12.1. The molecule has 0 atom stereocenters. The number of halogens is 3. The van der Waals surface area contributed by atoms with E-state index in [0.29, 0.717) is 5.56 Å². The van der Waals surface area contributed by atoms with E-state index in [1.165, 1.54) is 18.6 Å². The van der Waals surface area contributed by atoms with E-state index in [1.807, 2.05) is 30.3 Å². The Morgan fingerprint density at radius 2 is 1.53 bits per heavy atom. The maximum absolute atomic E-state index is 15.0. The van der Waals surface area contributed by atoms with Gasteiger partial charge in [-0.15, -0.1) is 6.58 Å². The van der Waals surface area contributed by atoms with Crippen molar-refractivity contribution in [2.24, 2.45) is 5.92 Å². The quantitative estimate of drug-likeness (QED) is 0.247. The lowest BCUT2D eigenvalue weighted by Crippen LogP contribution is -2.14. The molecule has 3 aromatic carbocycles. The van der Waals surface area contributed by atoms with Gasteiger partial charge in [-0.3, -0.25) is 0 Å². The van der Waals surface area contributed by atoms with Crippen LogP contribution in [0.25, 0.3) is 22.3 Å². The highest BCUT2D eigenvalue weighted by atomic mass is 19.2. The molecule has 1 nitrogen and oxygen atoms in total. The first-order valence-electron chi connectivity index (χ1n) is 12.1. The van der Waals surface area contributed by atoms with Gasteiger partial charge in [-0.25, -0.2) is 8.78 Å². The number of ether oxygens (including phenoxy) is 1. The Morgan fingerprint density at radius 1 is 0.853 bits per heavy atom. The Bertz CT molecular complexity index is 1130. The van der Waals surface area contributed by atoms with Crippen LogP contribution in [0.4, 0.5) is 13.2 Å². The fourth-order valence-corrected chi connectivity index (χ4v) is 5.02. The molecule has 1 aliphatic carbocycles. The van der Waals surface area contributed by atoms with E-state index in [9.17, 15) is 8.78 Å². The summed E-state index contributed by atoms with van der Waals surface area (Å²) in [7, 11) is 1.72. The largest absolute Gasteiger partial charge is 0.500 e. The average Bonchev–Trinajstić information content (AvgIpc) is 2.86. The van der Waals surface area contributed by atoms with Crippen molar-refractivity contribution in [3.8, 4) is 28.0 Å². The molecule has 5 heteroatoms. The van der Waals surface area contributed by atoms with E-state index >= 15 is 4.39 Å². The minimum atomic E-state index is -0.990. The van der Waals surface area contributed by atoms with Gasteiger partial charge in [-0.05, 0) is 90.8 Å². The molecule has 0 spiro atoms. The molecule has 1 saturated carbocycles. The maximum atomic E-state index is 15.0. The van der Waals surface area contributed by atoms with E-state index < -0.39 is 11.6 Å². The highest BCUT2D eigenvalue weighted by Gasteiger charge is 2.24. The highest BCUT2D eigenvalue weighted by Crippen LogP contribution is 2.39. The predicted octanol–water partition coefficient (Wildman–Crippen LogP) is 7.65. The summed E-state index contributed by atoms with van der Waals surface area (Å²) in [6.45, 7) is 4.06. The smallest absolute Gasteiger partial charge is 0.201 e. The van der Waals surface area contributed by atoms with Crippen LogP contribution in [0.3, 0.4) is 0 Å². The third kappa shape index (κ3) is 5.24. The molecule has 0 amide bonds. The average molecular weight is 462 g/mol. The van der Waals surface area contributed by atoms with E-state index in [-0.39, 0.29) is 29.6 Å². The van der Waals surface area contributed by atoms with Crippen molar-refractivity contribution in [3.63, 3.8) is 0 Å². The molecule has 4 rings (SSSR count).